The molecule has 0 amide bonds. The molecule has 0 aliphatic heterocycles. The molecule has 0 unspecified atom stereocenters. The molecule has 1 aliphatic rings. The van der Waals surface area contributed by atoms with Gasteiger partial charge in [-0.15, -0.1) is 0 Å². The lowest BCUT2D eigenvalue weighted by atomic mass is 10.0. The summed E-state index contributed by atoms with van der Waals surface area (Å²) >= 11 is 0. The highest BCUT2D eigenvalue weighted by Crippen LogP contribution is 2.41. The number of nitrogens with two attached hydrogens (primary N) is 1. The summed E-state index contributed by atoms with van der Waals surface area (Å²) in [7, 11) is 1.43. The van der Waals surface area contributed by atoms with Crippen molar-refractivity contribution in [3.05, 3.63) is 35.4 Å². The zero-order valence-corrected chi connectivity index (χ0v) is 8.77. The summed E-state index contributed by atoms with van der Waals surface area (Å²) in [6.07, 6.45) is 0.780. The Morgan fingerprint density at radius 3 is 2.73 bits per heavy atom. The van der Waals surface area contributed by atoms with Gasteiger partial charge in [-0.1, -0.05) is 24.3 Å². The van der Waals surface area contributed by atoms with Gasteiger partial charge in [-0.3, -0.25) is 4.79 Å². The van der Waals surface area contributed by atoms with E-state index in [2.05, 4.69) is 6.07 Å². The third kappa shape index (κ3) is 1.63. The summed E-state index contributed by atoms with van der Waals surface area (Å²) in [6, 6.07) is 7.98. The van der Waals surface area contributed by atoms with Gasteiger partial charge in [0, 0.05) is 0 Å². The molecule has 0 saturated heterocycles. The number of carbonyl (C=O) groups excluding carboxylic acids is 1. The second kappa shape index (κ2) is 4.03. The highest BCUT2D eigenvalue weighted by atomic mass is 16.5. The van der Waals surface area contributed by atoms with E-state index in [1.54, 1.807) is 0 Å². The average molecular weight is 205 g/mol. The minimum absolute atomic E-state index is 0.125. The lowest BCUT2D eigenvalue weighted by Gasteiger charge is -2.08. The molecule has 15 heavy (non-hydrogen) atoms. The van der Waals surface area contributed by atoms with Crippen LogP contribution in [-0.4, -0.2) is 19.6 Å². The molecular formula is C12H15NO2. The summed E-state index contributed by atoms with van der Waals surface area (Å²) in [6.45, 7) is 0.588. The monoisotopic (exact) mass is 205 g/mol. The number of fused-ring (bicyclic) bond motifs is 1. The Morgan fingerprint density at radius 2 is 2.13 bits per heavy atom. The number of esters is 1. The van der Waals surface area contributed by atoms with Crippen LogP contribution in [-0.2, 0) is 9.53 Å². The Balaban J connectivity index is 2.37. The van der Waals surface area contributed by atoms with Gasteiger partial charge in [0.15, 0.2) is 0 Å². The van der Waals surface area contributed by atoms with Crippen LogP contribution in [0.4, 0.5) is 0 Å². The lowest BCUT2D eigenvalue weighted by molar-refractivity contribution is -0.142. The number of methoxy groups -OCH3 is 1. The van der Waals surface area contributed by atoms with Gasteiger partial charge >= 0.3 is 5.97 Å². The van der Waals surface area contributed by atoms with Gasteiger partial charge in [-0.2, -0.15) is 0 Å². The second-order valence-corrected chi connectivity index (χ2v) is 3.87. The van der Waals surface area contributed by atoms with Gasteiger partial charge in [-0.25, -0.2) is 0 Å². The maximum atomic E-state index is 11.6. The largest absolute Gasteiger partial charge is 0.469 e. The second-order valence-electron chi connectivity index (χ2n) is 3.87. The van der Waals surface area contributed by atoms with Crippen LogP contribution in [0.2, 0.25) is 0 Å². The van der Waals surface area contributed by atoms with Crippen LogP contribution in [0.25, 0.3) is 0 Å². The van der Waals surface area contributed by atoms with E-state index in [1.807, 2.05) is 18.2 Å². The SMILES string of the molecule is COC(=O)[C@@H]1C[C@H](CN)c2ccccc21. The van der Waals surface area contributed by atoms with Gasteiger partial charge < -0.3 is 10.5 Å². The Labute approximate surface area is 89.2 Å². The third-order valence-electron chi connectivity index (χ3n) is 3.10. The van der Waals surface area contributed by atoms with E-state index in [1.165, 1.54) is 12.7 Å². The average Bonchev–Trinajstić information content (AvgIpc) is 2.67. The predicted octanol–water partition coefficient (Wildman–Crippen LogP) is 1.39. The van der Waals surface area contributed by atoms with Crippen LogP contribution in [0.15, 0.2) is 24.3 Å². The molecule has 0 saturated carbocycles. The van der Waals surface area contributed by atoms with Crippen molar-refractivity contribution in [2.75, 3.05) is 13.7 Å². The number of hydrogen-bond acceptors (Lipinski definition) is 3. The van der Waals surface area contributed by atoms with E-state index < -0.39 is 0 Å². The number of carbonyl (C=O) groups is 1. The summed E-state index contributed by atoms with van der Waals surface area (Å²) in [4.78, 5) is 11.6. The number of rotatable bonds is 2. The fraction of sp³-hybridized carbons (Fsp3) is 0.417. The van der Waals surface area contributed by atoms with Crippen molar-refractivity contribution >= 4 is 5.97 Å². The maximum Gasteiger partial charge on any atom is 0.313 e. The summed E-state index contributed by atoms with van der Waals surface area (Å²) in [5.41, 5.74) is 7.99. The maximum absolute atomic E-state index is 11.6. The minimum atomic E-state index is -0.154. The number of benzene rings is 1. The summed E-state index contributed by atoms with van der Waals surface area (Å²) in [5.74, 6) is 0.0171. The first-order valence-corrected chi connectivity index (χ1v) is 5.14. The standard InChI is InChI=1S/C12H15NO2/c1-15-12(14)11-6-8(7-13)9-4-2-3-5-10(9)11/h2-5,8,11H,6-7,13H2,1H3/t8-,11-/m1/s1. The minimum Gasteiger partial charge on any atom is -0.469 e. The van der Waals surface area contributed by atoms with Crippen molar-refractivity contribution in [1.82, 2.24) is 0 Å². The van der Waals surface area contributed by atoms with Crippen LogP contribution in [0.3, 0.4) is 0 Å². The first-order valence-electron chi connectivity index (χ1n) is 5.14. The van der Waals surface area contributed by atoms with Crippen molar-refractivity contribution in [1.29, 1.82) is 0 Å². The van der Waals surface area contributed by atoms with E-state index >= 15 is 0 Å². The van der Waals surface area contributed by atoms with Crippen LogP contribution >= 0.6 is 0 Å². The summed E-state index contributed by atoms with van der Waals surface area (Å²) < 4.78 is 4.80. The smallest absolute Gasteiger partial charge is 0.313 e. The molecule has 0 heterocycles. The van der Waals surface area contributed by atoms with Crippen LogP contribution in [0, 0.1) is 0 Å². The van der Waals surface area contributed by atoms with Crippen molar-refractivity contribution < 1.29 is 9.53 Å². The van der Waals surface area contributed by atoms with Gasteiger partial charge in [0.05, 0.1) is 13.0 Å². The molecule has 2 rings (SSSR count). The van der Waals surface area contributed by atoms with Crippen molar-refractivity contribution in [3.8, 4) is 0 Å². The van der Waals surface area contributed by atoms with Crippen LogP contribution in [0.1, 0.15) is 29.4 Å². The quantitative estimate of drug-likeness (QED) is 0.742. The Bertz CT molecular complexity index is 376. The van der Waals surface area contributed by atoms with E-state index in [-0.39, 0.29) is 11.9 Å². The third-order valence-corrected chi connectivity index (χ3v) is 3.10. The van der Waals surface area contributed by atoms with Gasteiger partial charge in [0.25, 0.3) is 0 Å². The first-order chi connectivity index (χ1) is 7.27. The van der Waals surface area contributed by atoms with Crippen LogP contribution < -0.4 is 5.73 Å². The van der Waals surface area contributed by atoms with Crippen molar-refractivity contribution in [2.45, 2.75) is 18.3 Å². The van der Waals surface area contributed by atoms with E-state index in [4.69, 9.17) is 10.5 Å². The molecule has 0 radical (unpaired) electrons. The van der Waals surface area contributed by atoms with Crippen LogP contribution in [0.5, 0.6) is 0 Å². The molecule has 1 aromatic rings. The predicted molar refractivity (Wildman–Crippen MR) is 57.6 cm³/mol. The molecule has 0 fully saturated rings. The highest BCUT2D eigenvalue weighted by Gasteiger charge is 2.34. The molecule has 3 heteroatoms. The number of hydrogen-bond donors (Lipinski definition) is 1. The number of ether oxygens (including phenoxy) is 1. The normalized spacial score (nSPS) is 23.6. The topological polar surface area (TPSA) is 52.3 Å². The Hall–Kier alpha value is -1.35. The van der Waals surface area contributed by atoms with E-state index in [0.717, 1.165) is 12.0 Å². The molecule has 0 spiro atoms. The van der Waals surface area contributed by atoms with Gasteiger partial charge in [-0.05, 0) is 30.0 Å². The molecule has 0 aromatic heterocycles. The van der Waals surface area contributed by atoms with Gasteiger partial charge in [0.1, 0.15) is 0 Å². The molecule has 1 aliphatic carbocycles. The zero-order chi connectivity index (χ0) is 10.8. The fourth-order valence-corrected chi connectivity index (χ4v) is 2.33. The van der Waals surface area contributed by atoms with E-state index in [9.17, 15) is 4.79 Å². The van der Waals surface area contributed by atoms with Gasteiger partial charge in [0.2, 0.25) is 0 Å². The molecule has 80 valence electrons. The Morgan fingerprint density at radius 1 is 1.47 bits per heavy atom. The zero-order valence-electron chi connectivity index (χ0n) is 8.77. The highest BCUT2D eigenvalue weighted by molar-refractivity contribution is 5.80. The molecule has 1 aromatic carbocycles. The van der Waals surface area contributed by atoms with Crippen molar-refractivity contribution in [2.24, 2.45) is 5.73 Å². The lowest BCUT2D eigenvalue weighted by Crippen LogP contribution is -2.13. The first kappa shape index (κ1) is 10.2. The van der Waals surface area contributed by atoms with E-state index in [0.29, 0.717) is 12.5 Å². The van der Waals surface area contributed by atoms with Crippen molar-refractivity contribution in [3.63, 3.8) is 0 Å². The molecule has 3 nitrogen and oxygen atoms in total. The molecule has 0 bridgehead atoms. The molecule has 2 atom stereocenters. The fourth-order valence-electron chi connectivity index (χ4n) is 2.33. The molecular weight excluding hydrogens is 190 g/mol. The Kier molecular flexibility index (Phi) is 2.73. The summed E-state index contributed by atoms with van der Waals surface area (Å²) in [5, 5.41) is 0. The molecule has 2 N–H and O–H groups in total.